The van der Waals surface area contributed by atoms with E-state index in [0.717, 1.165) is 12.0 Å². The van der Waals surface area contributed by atoms with Gasteiger partial charge in [0.15, 0.2) is 0 Å². The highest BCUT2D eigenvalue weighted by Crippen LogP contribution is 2.24. The molecular formula is C20H22ClNO. The topological polar surface area (TPSA) is 29.1 Å². The van der Waals surface area contributed by atoms with Crippen LogP contribution in [0.5, 0.6) is 0 Å². The molecule has 1 N–H and O–H groups in total. The number of halogens is 1. The van der Waals surface area contributed by atoms with Crippen LogP contribution in [0.15, 0.2) is 42.5 Å². The highest BCUT2D eigenvalue weighted by molar-refractivity contribution is 6.30. The van der Waals surface area contributed by atoms with Crippen molar-refractivity contribution in [1.29, 1.82) is 0 Å². The van der Waals surface area contributed by atoms with E-state index in [0.29, 0.717) is 11.4 Å². The molecule has 23 heavy (non-hydrogen) atoms. The zero-order valence-electron chi connectivity index (χ0n) is 13.4. The van der Waals surface area contributed by atoms with Gasteiger partial charge in [-0.3, -0.25) is 4.79 Å². The minimum absolute atomic E-state index is 0.0221. The van der Waals surface area contributed by atoms with Crippen LogP contribution in [-0.4, -0.2) is 5.91 Å². The molecular weight excluding hydrogens is 306 g/mol. The second-order valence-corrected chi connectivity index (χ2v) is 6.77. The lowest BCUT2D eigenvalue weighted by atomic mass is 9.89. The first kappa shape index (κ1) is 16.1. The van der Waals surface area contributed by atoms with Crippen molar-refractivity contribution >= 4 is 17.5 Å². The van der Waals surface area contributed by atoms with Crippen molar-refractivity contribution in [3.63, 3.8) is 0 Å². The van der Waals surface area contributed by atoms with E-state index in [1.54, 1.807) is 0 Å². The number of carbonyl (C=O) groups is 1. The largest absolute Gasteiger partial charge is 0.349 e. The molecule has 3 rings (SSSR count). The molecule has 0 aromatic heterocycles. The molecule has 1 atom stereocenters. The lowest BCUT2D eigenvalue weighted by Gasteiger charge is -2.20. The standard InChI is InChI=1S/C20H22ClNO/c1-14(17-10-9-16-6-2-3-7-18(16)13-17)22-20(23)12-15-5-4-8-19(21)11-15/h4-5,8-11,13-14H,2-3,6-7,12H2,1H3,(H,22,23)/t14-/m0/s1. The van der Waals surface area contributed by atoms with Crippen LogP contribution in [-0.2, 0) is 24.1 Å². The Labute approximate surface area is 142 Å². The van der Waals surface area contributed by atoms with Crippen LogP contribution in [0.3, 0.4) is 0 Å². The Morgan fingerprint density at radius 2 is 1.91 bits per heavy atom. The van der Waals surface area contributed by atoms with Crippen molar-refractivity contribution < 1.29 is 4.79 Å². The Morgan fingerprint density at radius 3 is 2.70 bits per heavy atom. The van der Waals surface area contributed by atoms with Crippen LogP contribution in [0.4, 0.5) is 0 Å². The van der Waals surface area contributed by atoms with Gasteiger partial charge in [0.2, 0.25) is 5.91 Å². The molecule has 0 unspecified atom stereocenters. The van der Waals surface area contributed by atoms with E-state index in [4.69, 9.17) is 11.6 Å². The predicted octanol–water partition coefficient (Wildman–Crippen LogP) is 4.64. The van der Waals surface area contributed by atoms with Gasteiger partial charge in [0.1, 0.15) is 0 Å². The SMILES string of the molecule is C[C@H](NC(=O)Cc1cccc(Cl)c1)c1ccc2c(c1)CCCC2. The molecule has 2 nitrogen and oxygen atoms in total. The van der Waals surface area contributed by atoms with Gasteiger partial charge in [-0.05, 0) is 67.0 Å². The van der Waals surface area contributed by atoms with Crippen LogP contribution >= 0.6 is 11.6 Å². The van der Waals surface area contributed by atoms with E-state index < -0.39 is 0 Å². The number of fused-ring (bicyclic) bond motifs is 1. The summed E-state index contributed by atoms with van der Waals surface area (Å²) in [6, 6.07) is 14.1. The maximum Gasteiger partial charge on any atom is 0.224 e. The zero-order valence-corrected chi connectivity index (χ0v) is 14.2. The monoisotopic (exact) mass is 327 g/mol. The maximum absolute atomic E-state index is 12.2. The second kappa shape index (κ2) is 7.18. The molecule has 0 radical (unpaired) electrons. The van der Waals surface area contributed by atoms with Gasteiger partial charge >= 0.3 is 0 Å². The molecule has 2 aromatic carbocycles. The van der Waals surface area contributed by atoms with E-state index in [-0.39, 0.29) is 11.9 Å². The fraction of sp³-hybridized carbons (Fsp3) is 0.350. The van der Waals surface area contributed by atoms with Gasteiger partial charge in [-0.15, -0.1) is 0 Å². The number of hydrogen-bond donors (Lipinski definition) is 1. The highest BCUT2D eigenvalue weighted by atomic mass is 35.5. The first-order valence-electron chi connectivity index (χ1n) is 8.27. The zero-order chi connectivity index (χ0) is 16.2. The van der Waals surface area contributed by atoms with Crippen molar-refractivity contribution in [3.8, 4) is 0 Å². The number of nitrogens with one attached hydrogen (secondary N) is 1. The summed E-state index contributed by atoms with van der Waals surface area (Å²) in [5.74, 6) is 0.0255. The molecule has 0 aliphatic heterocycles. The van der Waals surface area contributed by atoms with Gasteiger partial charge < -0.3 is 5.32 Å². The number of benzene rings is 2. The van der Waals surface area contributed by atoms with Crippen LogP contribution < -0.4 is 5.32 Å². The summed E-state index contributed by atoms with van der Waals surface area (Å²) in [5.41, 5.74) is 5.04. The molecule has 0 heterocycles. The Bertz CT molecular complexity index is 711. The summed E-state index contributed by atoms with van der Waals surface area (Å²) in [5, 5.41) is 3.75. The lowest BCUT2D eigenvalue weighted by Crippen LogP contribution is -2.28. The van der Waals surface area contributed by atoms with Gasteiger partial charge in [-0.25, -0.2) is 0 Å². The third kappa shape index (κ3) is 4.14. The van der Waals surface area contributed by atoms with Crippen molar-refractivity contribution in [3.05, 3.63) is 69.7 Å². The highest BCUT2D eigenvalue weighted by Gasteiger charge is 2.14. The van der Waals surface area contributed by atoms with Gasteiger partial charge in [-0.1, -0.05) is 41.9 Å². The first-order valence-corrected chi connectivity index (χ1v) is 8.65. The van der Waals surface area contributed by atoms with Crippen molar-refractivity contribution in [2.24, 2.45) is 0 Å². The molecule has 0 spiro atoms. The molecule has 120 valence electrons. The minimum atomic E-state index is 0.0221. The molecule has 3 heteroatoms. The average Bonchev–Trinajstić information content (AvgIpc) is 2.54. The molecule has 2 aromatic rings. The Hall–Kier alpha value is -1.80. The van der Waals surface area contributed by atoms with E-state index in [1.165, 1.54) is 36.0 Å². The van der Waals surface area contributed by atoms with Gasteiger partial charge in [0, 0.05) is 5.02 Å². The third-order valence-electron chi connectivity index (χ3n) is 4.50. The second-order valence-electron chi connectivity index (χ2n) is 6.33. The Morgan fingerprint density at radius 1 is 1.13 bits per heavy atom. The molecule has 0 saturated heterocycles. The van der Waals surface area contributed by atoms with Crippen molar-refractivity contribution in [2.75, 3.05) is 0 Å². The number of hydrogen-bond acceptors (Lipinski definition) is 1. The minimum Gasteiger partial charge on any atom is -0.349 e. The predicted molar refractivity (Wildman–Crippen MR) is 94.8 cm³/mol. The summed E-state index contributed by atoms with van der Waals surface area (Å²) in [7, 11) is 0. The summed E-state index contributed by atoms with van der Waals surface area (Å²) in [6.07, 6.45) is 5.26. The normalized spacial score (nSPS) is 14.9. The van der Waals surface area contributed by atoms with E-state index >= 15 is 0 Å². The maximum atomic E-state index is 12.2. The molecule has 0 saturated carbocycles. The van der Waals surface area contributed by atoms with Crippen LogP contribution in [0.1, 0.15) is 48.1 Å². The fourth-order valence-corrected chi connectivity index (χ4v) is 3.44. The summed E-state index contributed by atoms with van der Waals surface area (Å²) in [4.78, 5) is 12.2. The van der Waals surface area contributed by atoms with Gasteiger partial charge in [0.25, 0.3) is 0 Å². The van der Waals surface area contributed by atoms with Crippen LogP contribution in [0.2, 0.25) is 5.02 Å². The van der Waals surface area contributed by atoms with E-state index in [2.05, 4.69) is 23.5 Å². The number of amides is 1. The molecule has 0 bridgehead atoms. The first-order chi connectivity index (χ1) is 11.1. The van der Waals surface area contributed by atoms with Crippen LogP contribution in [0, 0.1) is 0 Å². The number of aryl methyl sites for hydroxylation is 2. The number of rotatable bonds is 4. The third-order valence-corrected chi connectivity index (χ3v) is 4.74. The van der Waals surface area contributed by atoms with Crippen molar-refractivity contribution in [2.45, 2.75) is 45.1 Å². The smallest absolute Gasteiger partial charge is 0.224 e. The van der Waals surface area contributed by atoms with Gasteiger partial charge in [-0.2, -0.15) is 0 Å². The Kier molecular flexibility index (Phi) is 5.02. The number of carbonyl (C=O) groups excluding carboxylic acids is 1. The molecule has 1 aliphatic rings. The lowest BCUT2D eigenvalue weighted by molar-refractivity contribution is -0.121. The quantitative estimate of drug-likeness (QED) is 0.871. The molecule has 0 fully saturated rings. The van der Waals surface area contributed by atoms with Crippen LogP contribution in [0.25, 0.3) is 0 Å². The van der Waals surface area contributed by atoms with E-state index in [1.807, 2.05) is 31.2 Å². The molecule has 1 amide bonds. The van der Waals surface area contributed by atoms with Crippen molar-refractivity contribution in [1.82, 2.24) is 5.32 Å². The van der Waals surface area contributed by atoms with Gasteiger partial charge in [0.05, 0.1) is 12.5 Å². The summed E-state index contributed by atoms with van der Waals surface area (Å²) >= 11 is 5.97. The Balaban J connectivity index is 1.64. The summed E-state index contributed by atoms with van der Waals surface area (Å²) < 4.78 is 0. The molecule has 1 aliphatic carbocycles. The van der Waals surface area contributed by atoms with E-state index in [9.17, 15) is 4.79 Å². The summed E-state index contributed by atoms with van der Waals surface area (Å²) in [6.45, 7) is 2.04. The fourth-order valence-electron chi connectivity index (χ4n) is 3.23. The average molecular weight is 328 g/mol.